The fourth-order valence-electron chi connectivity index (χ4n) is 2.95. The van der Waals surface area contributed by atoms with Gasteiger partial charge in [-0.05, 0) is 24.7 Å². The van der Waals surface area contributed by atoms with E-state index in [4.69, 9.17) is 4.74 Å². The molecule has 17 heavy (non-hydrogen) atoms. The molecule has 2 nitrogen and oxygen atoms in total. The topological polar surface area (TPSA) is 12.5 Å². The van der Waals surface area contributed by atoms with E-state index in [2.05, 4.69) is 34.7 Å². The van der Waals surface area contributed by atoms with Gasteiger partial charge in [-0.2, -0.15) is 0 Å². The van der Waals surface area contributed by atoms with Crippen molar-refractivity contribution in [1.82, 2.24) is 4.90 Å². The number of nitrogens with zero attached hydrogens (tertiary/aromatic N) is 1. The van der Waals surface area contributed by atoms with Crippen LogP contribution < -0.4 is 0 Å². The Bertz CT molecular complexity index is 185. The molecule has 0 aromatic carbocycles. The van der Waals surface area contributed by atoms with Crippen molar-refractivity contribution in [2.24, 2.45) is 5.41 Å². The maximum atomic E-state index is 5.54. The molecule has 0 amide bonds. The molecule has 0 bridgehead atoms. The van der Waals surface area contributed by atoms with E-state index in [1.807, 2.05) is 0 Å². The summed E-state index contributed by atoms with van der Waals surface area (Å²) in [6, 6.07) is 0. The van der Waals surface area contributed by atoms with Gasteiger partial charge in [-0.3, -0.25) is 0 Å². The Balaban J connectivity index is 2.55. The second-order valence-corrected chi connectivity index (χ2v) is 5.94. The number of alkyl halides is 1. The number of halogens is 1. The third-order valence-electron chi connectivity index (χ3n) is 3.72. The zero-order valence-corrected chi connectivity index (χ0v) is 13.1. The standard InChI is InChI=1S/C14H28BrNO/c1-3-6-14(12-15,7-4-2)13-16-8-5-10-17-11-9-16/h3-13H2,1-2H3. The van der Waals surface area contributed by atoms with E-state index >= 15 is 0 Å². The number of hydrogen-bond donors (Lipinski definition) is 0. The van der Waals surface area contributed by atoms with Gasteiger partial charge in [0.15, 0.2) is 0 Å². The lowest BCUT2D eigenvalue weighted by Crippen LogP contribution is -2.40. The van der Waals surface area contributed by atoms with Crippen molar-refractivity contribution in [3.8, 4) is 0 Å². The first-order valence-electron chi connectivity index (χ1n) is 7.12. The van der Waals surface area contributed by atoms with Crippen LogP contribution in [0.15, 0.2) is 0 Å². The Morgan fingerprint density at radius 2 is 1.82 bits per heavy atom. The van der Waals surface area contributed by atoms with Crippen molar-refractivity contribution in [3.63, 3.8) is 0 Å². The quantitative estimate of drug-likeness (QED) is 0.665. The average Bonchev–Trinajstić information content (AvgIpc) is 2.58. The number of rotatable bonds is 7. The van der Waals surface area contributed by atoms with Crippen LogP contribution in [0.2, 0.25) is 0 Å². The van der Waals surface area contributed by atoms with Gasteiger partial charge in [-0.15, -0.1) is 0 Å². The summed E-state index contributed by atoms with van der Waals surface area (Å²) < 4.78 is 5.54. The molecule has 102 valence electrons. The Morgan fingerprint density at radius 3 is 2.41 bits per heavy atom. The molecule has 0 aromatic rings. The van der Waals surface area contributed by atoms with Gasteiger partial charge in [0.2, 0.25) is 0 Å². The van der Waals surface area contributed by atoms with Gasteiger partial charge in [0.25, 0.3) is 0 Å². The third-order valence-corrected chi connectivity index (χ3v) is 4.91. The zero-order valence-electron chi connectivity index (χ0n) is 11.5. The molecule has 0 N–H and O–H groups in total. The lowest BCUT2D eigenvalue weighted by atomic mass is 9.80. The summed E-state index contributed by atoms with van der Waals surface area (Å²) in [5.74, 6) is 0. The first kappa shape index (κ1) is 15.5. The van der Waals surface area contributed by atoms with Crippen molar-refractivity contribution in [2.45, 2.75) is 46.0 Å². The SMILES string of the molecule is CCCC(CBr)(CCC)CN1CCCOCC1. The molecule has 1 rings (SSSR count). The van der Waals surface area contributed by atoms with Crippen LogP contribution in [0.25, 0.3) is 0 Å². The van der Waals surface area contributed by atoms with Gasteiger partial charge in [-0.1, -0.05) is 42.6 Å². The van der Waals surface area contributed by atoms with Gasteiger partial charge in [0, 0.05) is 31.6 Å². The maximum absolute atomic E-state index is 5.54. The number of ether oxygens (including phenoxy) is 1. The molecule has 0 radical (unpaired) electrons. The molecule has 1 aliphatic rings. The summed E-state index contributed by atoms with van der Waals surface area (Å²) >= 11 is 3.76. The zero-order chi connectivity index (χ0) is 12.6. The van der Waals surface area contributed by atoms with E-state index in [1.165, 1.54) is 45.2 Å². The van der Waals surface area contributed by atoms with Crippen LogP contribution in [0.5, 0.6) is 0 Å². The van der Waals surface area contributed by atoms with E-state index < -0.39 is 0 Å². The van der Waals surface area contributed by atoms with Crippen LogP contribution in [0, 0.1) is 5.41 Å². The van der Waals surface area contributed by atoms with Gasteiger partial charge in [0.1, 0.15) is 0 Å². The highest BCUT2D eigenvalue weighted by Crippen LogP contribution is 2.33. The van der Waals surface area contributed by atoms with Crippen LogP contribution >= 0.6 is 15.9 Å². The number of hydrogen-bond acceptors (Lipinski definition) is 2. The molecule has 0 saturated carbocycles. The van der Waals surface area contributed by atoms with Crippen LogP contribution in [-0.2, 0) is 4.74 Å². The molecule has 0 atom stereocenters. The van der Waals surface area contributed by atoms with Crippen LogP contribution in [0.3, 0.4) is 0 Å². The van der Waals surface area contributed by atoms with E-state index in [0.29, 0.717) is 5.41 Å². The summed E-state index contributed by atoms with van der Waals surface area (Å²) in [6.45, 7) is 10.0. The van der Waals surface area contributed by atoms with Gasteiger partial charge >= 0.3 is 0 Å². The van der Waals surface area contributed by atoms with E-state index in [-0.39, 0.29) is 0 Å². The van der Waals surface area contributed by atoms with Crippen molar-refractivity contribution in [1.29, 1.82) is 0 Å². The predicted octanol–water partition coefficient (Wildman–Crippen LogP) is 3.69. The van der Waals surface area contributed by atoms with Gasteiger partial charge in [-0.25, -0.2) is 0 Å². The highest BCUT2D eigenvalue weighted by atomic mass is 79.9. The molecule has 1 fully saturated rings. The van der Waals surface area contributed by atoms with E-state index in [1.54, 1.807) is 0 Å². The summed E-state index contributed by atoms with van der Waals surface area (Å²) in [7, 11) is 0. The van der Waals surface area contributed by atoms with Crippen molar-refractivity contribution < 1.29 is 4.74 Å². The minimum Gasteiger partial charge on any atom is -0.380 e. The Morgan fingerprint density at radius 1 is 1.12 bits per heavy atom. The third kappa shape index (κ3) is 5.27. The second-order valence-electron chi connectivity index (χ2n) is 5.38. The highest BCUT2D eigenvalue weighted by molar-refractivity contribution is 9.09. The molecule has 0 spiro atoms. The first-order chi connectivity index (χ1) is 8.26. The largest absolute Gasteiger partial charge is 0.380 e. The Kier molecular flexibility index (Phi) is 7.72. The molecule has 1 aliphatic heterocycles. The molecular weight excluding hydrogens is 278 g/mol. The predicted molar refractivity (Wildman–Crippen MR) is 77.9 cm³/mol. The van der Waals surface area contributed by atoms with Crippen molar-refractivity contribution >= 4 is 15.9 Å². The fraction of sp³-hybridized carbons (Fsp3) is 1.00. The van der Waals surface area contributed by atoms with Crippen LogP contribution in [0.4, 0.5) is 0 Å². The molecule has 1 saturated heterocycles. The average molecular weight is 306 g/mol. The van der Waals surface area contributed by atoms with Crippen molar-refractivity contribution in [2.75, 3.05) is 38.2 Å². The van der Waals surface area contributed by atoms with Crippen molar-refractivity contribution in [3.05, 3.63) is 0 Å². The molecule has 1 heterocycles. The Hall–Kier alpha value is 0.400. The molecular formula is C14H28BrNO. The lowest BCUT2D eigenvalue weighted by molar-refractivity contribution is 0.121. The summed E-state index contributed by atoms with van der Waals surface area (Å²) in [5.41, 5.74) is 0.480. The lowest BCUT2D eigenvalue weighted by Gasteiger charge is -2.36. The minimum atomic E-state index is 0.480. The molecule has 0 aliphatic carbocycles. The minimum absolute atomic E-state index is 0.480. The first-order valence-corrected chi connectivity index (χ1v) is 8.24. The van der Waals surface area contributed by atoms with Gasteiger partial charge in [0.05, 0.1) is 6.61 Å². The monoisotopic (exact) mass is 305 g/mol. The molecule has 3 heteroatoms. The summed E-state index contributed by atoms with van der Waals surface area (Å²) in [5, 5.41) is 1.14. The van der Waals surface area contributed by atoms with Gasteiger partial charge < -0.3 is 9.64 Å². The molecule has 0 aromatic heterocycles. The second kappa shape index (κ2) is 8.49. The van der Waals surface area contributed by atoms with Crippen LogP contribution in [-0.4, -0.2) is 43.1 Å². The smallest absolute Gasteiger partial charge is 0.0593 e. The normalized spacial score (nSPS) is 19.2. The van der Waals surface area contributed by atoms with Crippen LogP contribution in [0.1, 0.15) is 46.0 Å². The highest BCUT2D eigenvalue weighted by Gasteiger charge is 2.29. The fourth-order valence-corrected chi connectivity index (χ4v) is 3.69. The van der Waals surface area contributed by atoms with E-state index in [0.717, 1.165) is 25.1 Å². The Labute approximate surface area is 115 Å². The summed E-state index contributed by atoms with van der Waals surface area (Å²) in [4.78, 5) is 2.61. The van der Waals surface area contributed by atoms with E-state index in [9.17, 15) is 0 Å². The maximum Gasteiger partial charge on any atom is 0.0593 e. The summed E-state index contributed by atoms with van der Waals surface area (Å²) in [6.07, 6.45) is 6.44. The molecule has 0 unspecified atom stereocenters.